The van der Waals surface area contributed by atoms with E-state index >= 15 is 0 Å². The highest BCUT2D eigenvalue weighted by molar-refractivity contribution is 6.17. The molecule has 0 atom stereocenters. The lowest BCUT2D eigenvalue weighted by Gasteiger charge is -2.10. The number of nitrogens with zero attached hydrogens (tertiary/aromatic N) is 1. The van der Waals surface area contributed by atoms with Gasteiger partial charge in [0, 0.05) is 23.7 Å². The van der Waals surface area contributed by atoms with Crippen molar-refractivity contribution in [2.45, 2.75) is 19.7 Å². The van der Waals surface area contributed by atoms with Gasteiger partial charge in [-0.3, -0.25) is 0 Å². The number of aromatic nitrogens is 1. The first-order valence-corrected chi connectivity index (χ1v) is 6.09. The fourth-order valence-electron chi connectivity index (χ4n) is 1.59. The molecule has 18 heavy (non-hydrogen) atoms. The average Bonchev–Trinajstić information content (AvgIpc) is 2.36. The minimum atomic E-state index is -0.328. The molecule has 1 aromatic heterocycles. The highest BCUT2D eigenvalue weighted by atomic mass is 35.5. The number of pyridine rings is 1. The lowest BCUT2D eigenvalue weighted by Crippen LogP contribution is -1.95. The van der Waals surface area contributed by atoms with Crippen molar-refractivity contribution in [2.75, 3.05) is 0 Å². The Labute approximate surface area is 110 Å². The van der Waals surface area contributed by atoms with Gasteiger partial charge in [0.1, 0.15) is 11.6 Å². The normalized spacial score (nSPS) is 10.4. The molecule has 0 bridgehead atoms. The van der Waals surface area contributed by atoms with E-state index in [1.54, 1.807) is 12.3 Å². The largest absolute Gasteiger partial charge is 0.438 e. The maximum absolute atomic E-state index is 13.2. The van der Waals surface area contributed by atoms with Crippen molar-refractivity contribution >= 4 is 11.6 Å². The van der Waals surface area contributed by atoms with Crippen LogP contribution in [0.3, 0.4) is 0 Å². The number of hydrogen-bond acceptors (Lipinski definition) is 2. The first-order valence-electron chi connectivity index (χ1n) is 5.55. The van der Waals surface area contributed by atoms with Gasteiger partial charge in [0.25, 0.3) is 0 Å². The van der Waals surface area contributed by atoms with Gasteiger partial charge in [-0.15, -0.1) is 11.6 Å². The Kier molecular flexibility index (Phi) is 3.82. The van der Waals surface area contributed by atoms with Crippen LogP contribution in [0.4, 0.5) is 4.39 Å². The number of hydrogen-bond donors (Lipinski definition) is 0. The fourth-order valence-corrected chi connectivity index (χ4v) is 1.73. The number of benzene rings is 1. The van der Waals surface area contributed by atoms with E-state index in [0.29, 0.717) is 17.5 Å². The zero-order valence-corrected chi connectivity index (χ0v) is 11.0. The SMILES string of the molecule is Cc1ccc(F)cc1Oc1ncc(CCl)cc1C. The summed E-state index contributed by atoms with van der Waals surface area (Å²) in [6.07, 6.45) is 1.66. The van der Waals surface area contributed by atoms with E-state index in [2.05, 4.69) is 4.98 Å². The zero-order valence-electron chi connectivity index (χ0n) is 10.2. The number of ether oxygens (including phenoxy) is 1. The number of alkyl halides is 1. The van der Waals surface area contributed by atoms with Gasteiger partial charge in [-0.1, -0.05) is 6.07 Å². The minimum Gasteiger partial charge on any atom is -0.438 e. The van der Waals surface area contributed by atoms with E-state index < -0.39 is 0 Å². The fraction of sp³-hybridized carbons (Fsp3) is 0.214. The first-order chi connectivity index (χ1) is 8.60. The van der Waals surface area contributed by atoms with Crippen LogP contribution in [-0.2, 0) is 5.88 Å². The molecule has 2 aromatic rings. The van der Waals surface area contributed by atoms with Crippen LogP contribution >= 0.6 is 11.6 Å². The summed E-state index contributed by atoms with van der Waals surface area (Å²) in [5.74, 6) is 1.03. The molecule has 2 rings (SSSR count). The van der Waals surface area contributed by atoms with E-state index in [0.717, 1.165) is 16.7 Å². The van der Waals surface area contributed by atoms with Crippen molar-refractivity contribution in [3.05, 3.63) is 53.0 Å². The van der Waals surface area contributed by atoms with Crippen LogP contribution in [0.15, 0.2) is 30.5 Å². The van der Waals surface area contributed by atoms with E-state index in [-0.39, 0.29) is 5.82 Å². The molecule has 0 unspecified atom stereocenters. The average molecular weight is 266 g/mol. The molecule has 1 aromatic carbocycles. The van der Waals surface area contributed by atoms with Crippen molar-refractivity contribution in [3.8, 4) is 11.6 Å². The van der Waals surface area contributed by atoms with Crippen molar-refractivity contribution < 1.29 is 9.13 Å². The Morgan fingerprint density at radius 2 is 2.00 bits per heavy atom. The van der Waals surface area contributed by atoms with Crippen molar-refractivity contribution in [2.24, 2.45) is 0 Å². The molecule has 0 saturated carbocycles. The Balaban J connectivity index is 2.31. The van der Waals surface area contributed by atoms with Gasteiger partial charge in [0.15, 0.2) is 0 Å². The third-order valence-electron chi connectivity index (χ3n) is 2.60. The summed E-state index contributed by atoms with van der Waals surface area (Å²) in [6.45, 7) is 3.74. The van der Waals surface area contributed by atoms with Crippen LogP contribution in [0, 0.1) is 19.7 Å². The quantitative estimate of drug-likeness (QED) is 0.769. The standard InChI is InChI=1S/C14H13ClFNO/c1-9-3-4-12(16)6-13(9)18-14-10(2)5-11(7-15)8-17-14/h3-6,8H,7H2,1-2H3. The van der Waals surface area contributed by atoms with Crippen LogP contribution in [0.1, 0.15) is 16.7 Å². The summed E-state index contributed by atoms with van der Waals surface area (Å²) in [4.78, 5) is 4.19. The molecule has 94 valence electrons. The lowest BCUT2D eigenvalue weighted by atomic mass is 10.2. The monoisotopic (exact) mass is 265 g/mol. The van der Waals surface area contributed by atoms with Gasteiger partial charge in [-0.05, 0) is 37.1 Å². The third-order valence-corrected chi connectivity index (χ3v) is 2.91. The molecule has 0 aliphatic heterocycles. The topological polar surface area (TPSA) is 22.1 Å². The first kappa shape index (κ1) is 12.8. The second kappa shape index (κ2) is 5.36. The molecule has 0 N–H and O–H groups in total. The van der Waals surface area contributed by atoms with Crippen LogP contribution in [0.25, 0.3) is 0 Å². The molecule has 0 amide bonds. The predicted molar refractivity (Wildman–Crippen MR) is 69.7 cm³/mol. The Morgan fingerprint density at radius 3 is 2.67 bits per heavy atom. The third kappa shape index (κ3) is 2.79. The Hall–Kier alpha value is -1.61. The molecule has 0 aliphatic rings. The van der Waals surface area contributed by atoms with Gasteiger partial charge in [0.2, 0.25) is 5.88 Å². The van der Waals surface area contributed by atoms with E-state index in [9.17, 15) is 4.39 Å². The van der Waals surface area contributed by atoms with Gasteiger partial charge in [-0.2, -0.15) is 0 Å². The lowest BCUT2D eigenvalue weighted by molar-refractivity contribution is 0.450. The number of rotatable bonds is 3. The van der Waals surface area contributed by atoms with Crippen LogP contribution in [-0.4, -0.2) is 4.98 Å². The van der Waals surface area contributed by atoms with E-state index in [4.69, 9.17) is 16.3 Å². The maximum Gasteiger partial charge on any atom is 0.222 e. The zero-order chi connectivity index (χ0) is 13.1. The Bertz CT molecular complexity index is 572. The number of halogens is 2. The van der Waals surface area contributed by atoms with E-state index in [1.807, 2.05) is 19.9 Å². The van der Waals surface area contributed by atoms with E-state index in [1.165, 1.54) is 12.1 Å². The molecule has 4 heteroatoms. The highest BCUT2D eigenvalue weighted by Crippen LogP contribution is 2.27. The van der Waals surface area contributed by atoms with Crippen LogP contribution < -0.4 is 4.74 Å². The molecule has 0 spiro atoms. The molecule has 0 radical (unpaired) electrons. The maximum atomic E-state index is 13.2. The molecule has 0 saturated heterocycles. The molecule has 0 fully saturated rings. The molecular formula is C14H13ClFNO. The smallest absolute Gasteiger partial charge is 0.222 e. The number of aryl methyl sites for hydroxylation is 2. The van der Waals surface area contributed by atoms with Gasteiger partial charge < -0.3 is 4.74 Å². The van der Waals surface area contributed by atoms with Crippen molar-refractivity contribution in [1.29, 1.82) is 0 Å². The molecule has 0 aliphatic carbocycles. The summed E-state index contributed by atoms with van der Waals surface area (Å²) in [7, 11) is 0. The van der Waals surface area contributed by atoms with Gasteiger partial charge >= 0.3 is 0 Å². The van der Waals surface area contributed by atoms with Crippen molar-refractivity contribution in [1.82, 2.24) is 4.98 Å². The van der Waals surface area contributed by atoms with Gasteiger partial charge in [-0.25, -0.2) is 9.37 Å². The predicted octanol–water partition coefficient (Wildman–Crippen LogP) is 4.37. The van der Waals surface area contributed by atoms with Crippen LogP contribution in [0.5, 0.6) is 11.6 Å². The van der Waals surface area contributed by atoms with Crippen molar-refractivity contribution in [3.63, 3.8) is 0 Å². The summed E-state index contributed by atoms with van der Waals surface area (Å²) in [5, 5.41) is 0. The van der Waals surface area contributed by atoms with Gasteiger partial charge in [0.05, 0.1) is 0 Å². The summed E-state index contributed by atoms with van der Waals surface area (Å²) < 4.78 is 18.8. The molecule has 2 nitrogen and oxygen atoms in total. The summed E-state index contributed by atoms with van der Waals surface area (Å²) in [6, 6.07) is 6.34. The highest BCUT2D eigenvalue weighted by Gasteiger charge is 2.07. The second-order valence-electron chi connectivity index (χ2n) is 4.11. The van der Waals surface area contributed by atoms with Crippen LogP contribution in [0.2, 0.25) is 0 Å². The second-order valence-corrected chi connectivity index (χ2v) is 4.38. The Morgan fingerprint density at radius 1 is 1.22 bits per heavy atom. The minimum absolute atomic E-state index is 0.328. The summed E-state index contributed by atoms with van der Waals surface area (Å²) >= 11 is 5.73. The molecular weight excluding hydrogens is 253 g/mol. The molecule has 1 heterocycles. The summed E-state index contributed by atoms with van der Waals surface area (Å²) in [5.41, 5.74) is 2.66.